The molecule has 0 aliphatic carbocycles. The maximum absolute atomic E-state index is 14.0. The van der Waals surface area contributed by atoms with Crippen LogP contribution in [-0.2, 0) is 14.3 Å². The SMILES string of the molecule is CCOc1ccc(C2/C(=C(\[O-])c3cnn(-c4ccccc4)c3C)C(=O)C(=O)N2CCC[NH+]2CCOCC2)cc1. The monoisotopic (exact) mass is 530 g/mol. The van der Waals surface area contributed by atoms with E-state index in [1.54, 1.807) is 16.5 Å². The molecule has 1 N–H and O–H groups in total. The van der Waals surface area contributed by atoms with Crippen LogP contribution >= 0.6 is 0 Å². The summed E-state index contributed by atoms with van der Waals surface area (Å²) >= 11 is 0. The number of aromatic nitrogens is 2. The van der Waals surface area contributed by atoms with Gasteiger partial charge in [-0.05, 0) is 43.7 Å². The van der Waals surface area contributed by atoms with Gasteiger partial charge in [-0.3, -0.25) is 9.59 Å². The number of quaternary nitrogens is 1. The molecule has 1 atom stereocenters. The number of nitrogens with zero attached hydrogens (tertiary/aromatic N) is 3. The number of rotatable bonds is 9. The lowest BCUT2D eigenvalue weighted by Crippen LogP contribution is -3.14. The second-order valence-electron chi connectivity index (χ2n) is 9.83. The number of benzene rings is 2. The molecule has 2 aromatic carbocycles. The van der Waals surface area contributed by atoms with Crippen LogP contribution in [0.4, 0.5) is 0 Å². The molecule has 3 aromatic rings. The van der Waals surface area contributed by atoms with Crippen molar-refractivity contribution in [1.29, 1.82) is 0 Å². The Labute approximate surface area is 228 Å². The van der Waals surface area contributed by atoms with Crippen molar-refractivity contribution in [3.8, 4) is 11.4 Å². The molecule has 2 saturated heterocycles. The van der Waals surface area contributed by atoms with Gasteiger partial charge in [0.1, 0.15) is 18.8 Å². The molecule has 3 heterocycles. The summed E-state index contributed by atoms with van der Waals surface area (Å²) in [6, 6.07) is 16.0. The van der Waals surface area contributed by atoms with Gasteiger partial charge < -0.3 is 24.4 Å². The lowest BCUT2D eigenvalue weighted by Gasteiger charge is -2.29. The molecule has 1 amide bonds. The Hall–Kier alpha value is -3.95. The number of amides is 1. The zero-order chi connectivity index (χ0) is 27.4. The first-order chi connectivity index (χ1) is 19.0. The Morgan fingerprint density at radius 2 is 1.82 bits per heavy atom. The summed E-state index contributed by atoms with van der Waals surface area (Å²) in [6.07, 6.45) is 2.20. The van der Waals surface area contributed by atoms with E-state index in [0.29, 0.717) is 42.1 Å². The fourth-order valence-electron chi connectivity index (χ4n) is 5.38. The molecule has 2 aliphatic rings. The number of morpholine rings is 1. The Morgan fingerprint density at radius 3 is 2.51 bits per heavy atom. The van der Waals surface area contributed by atoms with Gasteiger partial charge >= 0.3 is 0 Å². The van der Waals surface area contributed by atoms with Gasteiger partial charge in [-0.15, -0.1) is 0 Å². The number of para-hydroxylation sites is 1. The molecule has 9 heteroatoms. The van der Waals surface area contributed by atoms with Crippen LogP contribution in [0, 0.1) is 6.92 Å². The topological polar surface area (TPSA) is 101 Å². The van der Waals surface area contributed by atoms with Crippen molar-refractivity contribution in [2.75, 3.05) is 46.0 Å². The van der Waals surface area contributed by atoms with E-state index in [0.717, 1.165) is 38.5 Å². The summed E-state index contributed by atoms with van der Waals surface area (Å²) in [6.45, 7) is 8.78. The third kappa shape index (κ3) is 5.46. The van der Waals surface area contributed by atoms with E-state index in [1.807, 2.05) is 61.5 Å². The molecule has 204 valence electrons. The van der Waals surface area contributed by atoms with Crippen LogP contribution in [0.25, 0.3) is 11.4 Å². The molecule has 39 heavy (non-hydrogen) atoms. The Morgan fingerprint density at radius 1 is 1.10 bits per heavy atom. The lowest BCUT2D eigenvalue weighted by molar-refractivity contribution is -0.908. The second kappa shape index (κ2) is 11.8. The van der Waals surface area contributed by atoms with Gasteiger partial charge in [0, 0.05) is 29.8 Å². The summed E-state index contributed by atoms with van der Waals surface area (Å²) in [5, 5.41) is 18.4. The molecule has 1 aromatic heterocycles. The minimum atomic E-state index is -0.771. The molecule has 0 spiro atoms. The van der Waals surface area contributed by atoms with Crippen LogP contribution in [0.5, 0.6) is 5.75 Å². The molecule has 0 saturated carbocycles. The van der Waals surface area contributed by atoms with E-state index < -0.39 is 23.5 Å². The van der Waals surface area contributed by atoms with Gasteiger partial charge in [0.2, 0.25) is 5.78 Å². The van der Waals surface area contributed by atoms with Crippen LogP contribution in [0.15, 0.2) is 66.4 Å². The molecule has 0 bridgehead atoms. The minimum Gasteiger partial charge on any atom is -0.872 e. The van der Waals surface area contributed by atoms with Crippen LogP contribution < -0.4 is 14.7 Å². The summed E-state index contributed by atoms with van der Waals surface area (Å²) in [4.78, 5) is 29.7. The van der Waals surface area contributed by atoms with Gasteiger partial charge in [0.05, 0.1) is 44.3 Å². The number of hydrogen-bond acceptors (Lipinski definition) is 6. The van der Waals surface area contributed by atoms with E-state index in [2.05, 4.69) is 5.10 Å². The maximum Gasteiger partial charge on any atom is 0.295 e. The van der Waals surface area contributed by atoms with E-state index >= 15 is 0 Å². The predicted octanol–water partition coefficient (Wildman–Crippen LogP) is 1.11. The third-order valence-corrected chi connectivity index (χ3v) is 7.42. The standard InChI is InChI=1S/C30H34N4O5/c1-3-39-24-12-10-22(11-13-24)27-26(28(35)25-20-31-34(21(25)2)23-8-5-4-6-9-23)29(36)30(37)33(27)15-7-14-32-16-18-38-19-17-32/h4-6,8-13,20,27,35H,3,7,14-19H2,1-2H3/b28-26+. The molecular formula is C30H34N4O5. The highest BCUT2D eigenvalue weighted by Gasteiger charge is 2.44. The predicted molar refractivity (Wildman–Crippen MR) is 143 cm³/mol. The normalized spacial score (nSPS) is 19.5. The molecule has 2 aliphatic heterocycles. The Bertz CT molecular complexity index is 1340. The maximum atomic E-state index is 14.0. The highest BCUT2D eigenvalue weighted by atomic mass is 16.5. The molecule has 2 fully saturated rings. The van der Waals surface area contributed by atoms with Crippen molar-refractivity contribution in [1.82, 2.24) is 14.7 Å². The van der Waals surface area contributed by atoms with Crippen LogP contribution in [-0.4, -0.2) is 72.4 Å². The average molecular weight is 531 g/mol. The largest absolute Gasteiger partial charge is 0.872 e. The van der Waals surface area contributed by atoms with Crippen molar-refractivity contribution in [2.45, 2.75) is 26.3 Å². The average Bonchev–Trinajstić information content (AvgIpc) is 3.47. The van der Waals surface area contributed by atoms with E-state index in [-0.39, 0.29) is 5.57 Å². The fourth-order valence-corrected chi connectivity index (χ4v) is 5.38. The van der Waals surface area contributed by atoms with Crippen LogP contribution in [0.1, 0.15) is 36.2 Å². The van der Waals surface area contributed by atoms with Crippen molar-refractivity contribution in [3.05, 3.63) is 83.2 Å². The van der Waals surface area contributed by atoms with E-state index in [9.17, 15) is 14.7 Å². The van der Waals surface area contributed by atoms with E-state index in [4.69, 9.17) is 9.47 Å². The first-order valence-electron chi connectivity index (χ1n) is 13.5. The van der Waals surface area contributed by atoms with Gasteiger partial charge in [0.25, 0.3) is 5.91 Å². The van der Waals surface area contributed by atoms with Crippen LogP contribution in [0.3, 0.4) is 0 Å². The third-order valence-electron chi connectivity index (χ3n) is 7.42. The number of carbonyl (C=O) groups excluding carboxylic acids is 2. The molecule has 5 rings (SSSR count). The summed E-state index contributed by atoms with van der Waals surface area (Å²) in [5.41, 5.74) is 2.40. The molecule has 0 radical (unpaired) electrons. The molecule has 1 unspecified atom stereocenters. The fraction of sp³-hybridized carbons (Fsp3) is 0.367. The van der Waals surface area contributed by atoms with Crippen LogP contribution in [0.2, 0.25) is 0 Å². The summed E-state index contributed by atoms with van der Waals surface area (Å²) in [7, 11) is 0. The first-order valence-corrected chi connectivity index (χ1v) is 13.5. The van der Waals surface area contributed by atoms with Gasteiger partial charge in [0.15, 0.2) is 0 Å². The summed E-state index contributed by atoms with van der Waals surface area (Å²) in [5.74, 6) is -1.16. The van der Waals surface area contributed by atoms with Crippen molar-refractivity contribution in [3.63, 3.8) is 0 Å². The number of ether oxygens (including phenoxy) is 2. The zero-order valence-corrected chi connectivity index (χ0v) is 22.4. The van der Waals surface area contributed by atoms with Gasteiger partial charge in [-0.1, -0.05) is 36.1 Å². The number of nitrogens with one attached hydrogen (secondary N) is 1. The number of hydrogen-bond donors (Lipinski definition) is 1. The van der Waals surface area contributed by atoms with Crippen molar-refractivity contribution < 1.29 is 29.1 Å². The van der Waals surface area contributed by atoms with Gasteiger partial charge in [-0.25, -0.2) is 4.68 Å². The number of likely N-dealkylation sites (tertiary alicyclic amines) is 1. The molecule has 9 nitrogen and oxygen atoms in total. The number of Topliss-reactive ketones (excluding diaryl/α,β-unsaturated/α-hetero) is 1. The summed E-state index contributed by atoms with van der Waals surface area (Å²) < 4.78 is 12.7. The van der Waals surface area contributed by atoms with Gasteiger partial charge in [-0.2, -0.15) is 5.10 Å². The van der Waals surface area contributed by atoms with E-state index in [1.165, 1.54) is 11.1 Å². The number of ketones is 1. The zero-order valence-electron chi connectivity index (χ0n) is 22.4. The minimum absolute atomic E-state index is 0.0291. The Kier molecular flexibility index (Phi) is 8.09. The molecular weight excluding hydrogens is 496 g/mol. The highest BCUT2D eigenvalue weighted by molar-refractivity contribution is 6.46. The second-order valence-corrected chi connectivity index (χ2v) is 9.83. The highest BCUT2D eigenvalue weighted by Crippen LogP contribution is 2.39. The van der Waals surface area contributed by atoms with Crippen molar-refractivity contribution >= 4 is 17.4 Å². The Balaban J connectivity index is 1.50. The smallest absolute Gasteiger partial charge is 0.295 e. The van der Waals surface area contributed by atoms with Crippen molar-refractivity contribution in [2.24, 2.45) is 0 Å². The quantitative estimate of drug-likeness (QED) is 0.253. The first kappa shape index (κ1) is 26.6. The number of carbonyl (C=O) groups is 2. The lowest BCUT2D eigenvalue weighted by atomic mass is 9.95.